The molecule has 0 aliphatic heterocycles. The molecule has 4 heteroatoms. The van der Waals surface area contributed by atoms with Crippen LogP contribution in [0.15, 0.2) is 18.2 Å². The van der Waals surface area contributed by atoms with E-state index in [-0.39, 0.29) is 5.15 Å². The number of pyridine rings is 1. The van der Waals surface area contributed by atoms with Gasteiger partial charge in [0.15, 0.2) is 5.15 Å². The first-order chi connectivity index (χ1) is 6.61. The molecule has 1 aromatic carbocycles. The highest BCUT2D eigenvalue weighted by Gasteiger charge is 2.09. The van der Waals surface area contributed by atoms with Gasteiger partial charge >= 0.3 is 0 Å². The molecule has 14 heavy (non-hydrogen) atoms. The molecule has 0 fully saturated rings. The van der Waals surface area contributed by atoms with E-state index in [9.17, 15) is 0 Å². The molecule has 0 aliphatic carbocycles. The number of nitrogens with zero attached hydrogens (tertiary/aromatic N) is 1. The van der Waals surface area contributed by atoms with Crippen LogP contribution in [0, 0.1) is 6.92 Å². The smallest absolute Gasteiger partial charge is 0.154 e. The number of anilines is 1. The molecule has 0 radical (unpaired) electrons. The Hall–Kier alpha value is -0.990. The van der Waals surface area contributed by atoms with E-state index in [0.717, 1.165) is 16.5 Å². The summed E-state index contributed by atoms with van der Waals surface area (Å²) in [4.78, 5) is 4.19. The van der Waals surface area contributed by atoms with Gasteiger partial charge in [0, 0.05) is 5.39 Å². The highest BCUT2D eigenvalue weighted by molar-refractivity contribution is 6.41. The summed E-state index contributed by atoms with van der Waals surface area (Å²) in [6, 6.07) is 5.75. The van der Waals surface area contributed by atoms with Crippen molar-refractivity contribution in [1.29, 1.82) is 0 Å². The number of nitrogen functional groups attached to an aromatic ring is 1. The number of fused-ring (bicyclic) bond motifs is 1. The van der Waals surface area contributed by atoms with Crippen LogP contribution in [-0.2, 0) is 0 Å². The molecule has 72 valence electrons. The Morgan fingerprint density at radius 3 is 2.71 bits per heavy atom. The summed E-state index contributed by atoms with van der Waals surface area (Å²) >= 11 is 11.9. The van der Waals surface area contributed by atoms with E-state index < -0.39 is 0 Å². The van der Waals surface area contributed by atoms with Gasteiger partial charge in [0.2, 0.25) is 0 Å². The Balaban J connectivity index is 2.98. The minimum absolute atomic E-state index is 0.261. The second kappa shape index (κ2) is 3.30. The molecular formula is C10H8Cl2N2. The molecular weight excluding hydrogens is 219 g/mol. The number of nitrogens with two attached hydrogens (primary N) is 1. The molecule has 0 aliphatic rings. The maximum absolute atomic E-state index is 6.05. The van der Waals surface area contributed by atoms with E-state index in [1.165, 1.54) is 0 Å². The normalized spacial score (nSPS) is 10.8. The van der Waals surface area contributed by atoms with Crippen LogP contribution < -0.4 is 5.73 Å². The molecule has 0 saturated heterocycles. The van der Waals surface area contributed by atoms with Crippen molar-refractivity contribution in [2.24, 2.45) is 0 Å². The third-order valence-electron chi connectivity index (χ3n) is 2.14. The Labute approximate surface area is 91.6 Å². The molecule has 2 rings (SSSR count). The van der Waals surface area contributed by atoms with Crippen molar-refractivity contribution in [2.75, 3.05) is 5.73 Å². The van der Waals surface area contributed by atoms with Crippen LogP contribution in [0.3, 0.4) is 0 Å². The lowest BCUT2D eigenvalue weighted by Gasteiger charge is -2.06. The maximum atomic E-state index is 6.05. The Bertz CT molecular complexity index is 509. The quantitative estimate of drug-likeness (QED) is 0.700. The van der Waals surface area contributed by atoms with Crippen molar-refractivity contribution >= 4 is 39.8 Å². The van der Waals surface area contributed by atoms with Crippen LogP contribution in [0.5, 0.6) is 0 Å². The van der Waals surface area contributed by atoms with Crippen LogP contribution in [-0.4, -0.2) is 4.98 Å². The molecule has 2 nitrogen and oxygen atoms in total. The van der Waals surface area contributed by atoms with Crippen molar-refractivity contribution in [3.05, 3.63) is 33.9 Å². The molecule has 0 saturated carbocycles. The molecule has 2 aromatic rings. The summed E-state index contributed by atoms with van der Waals surface area (Å²) in [6.45, 7) is 1.96. The van der Waals surface area contributed by atoms with Crippen molar-refractivity contribution in [3.63, 3.8) is 0 Å². The SMILES string of the molecule is Cc1cccc2c(Cl)c(N)c(Cl)nc12. The zero-order valence-electron chi connectivity index (χ0n) is 7.51. The number of benzene rings is 1. The van der Waals surface area contributed by atoms with Crippen molar-refractivity contribution in [1.82, 2.24) is 4.98 Å². The Morgan fingerprint density at radius 1 is 1.29 bits per heavy atom. The average Bonchev–Trinajstić information content (AvgIpc) is 2.17. The first-order valence-corrected chi connectivity index (χ1v) is 4.86. The van der Waals surface area contributed by atoms with E-state index in [1.54, 1.807) is 0 Å². The number of aromatic nitrogens is 1. The summed E-state index contributed by atoms with van der Waals surface area (Å²) in [6.07, 6.45) is 0. The number of hydrogen-bond acceptors (Lipinski definition) is 2. The Morgan fingerprint density at radius 2 is 2.00 bits per heavy atom. The summed E-state index contributed by atoms with van der Waals surface area (Å²) < 4.78 is 0. The minimum atomic E-state index is 0.261. The molecule has 0 amide bonds. The van der Waals surface area contributed by atoms with E-state index in [4.69, 9.17) is 28.9 Å². The number of hydrogen-bond donors (Lipinski definition) is 1. The van der Waals surface area contributed by atoms with Crippen molar-refractivity contribution < 1.29 is 0 Å². The third-order valence-corrected chi connectivity index (χ3v) is 2.84. The zero-order chi connectivity index (χ0) is 10.3. The van der Waals surface area contributed by atoms with Crippen LogP contribution >= 0.6 is 23.2 Å². The summed E-state index contributed by atoms with van der Waals surface area (Å²) in [5, 5.41) is 1.58. The monoisotopic (exact) mass is 226 g/mol. The van der Waals surface area contributed by atoms with Gasteiger partial charge in [0.25, 0.3) is 0 Å². The van der Waals surface area contributed by atoms with E-state index in [1.807, 2.05) is 25.1 Å². The molecule has 1 aromatic heterocycles. The molecule has 1 heterocycles. The first-order valence-electron chi connectivity index (χ1n) is 4.11. The minimum Gasteiger partial charge on any atom is -0.395 e. The van der Waals surface area contributed by atoms with Gasteiger partial charge in [-0.2, -0.15) is 0 Å². The highest BCUT2D eigenvalue weighted by Crippen LogP contribution is 2.33. The van der Waals surface area contributed by atoms with Crippen molar-refractivity contribution in [3.8, 4) is 0 Å². The molecule has 0 atom stereocenters. The number of aryl methyl sites for hydroxylation is 1. The van der Waals surface area contributed by atoms with E-state index in [0.29, 0.717) is 10.7 Å². The molecule has 2 N–H and O–H groups in total. The van der Waals surface area contributed by atoms with Gasteiger partial charge in [-0.1, -0.05) is 41.4 Å². The van der Waals surface area contributed by atoms with Crippen LogP contribution in [0.4, 0.5) is 5.69 Å². The molecule has 0 bridgehead atoms. The fraction of sp³-hybridized carbons (Fsp3) is 0.100. The third kappa shape index (κ3) is 1.31. The zero-order valence-corrected chi connectivity index (χ0v) is 9.02. The predicted molar refractivity (Wildman–Crippen MR) is 60.9 cm³/mol. The van der Waals surface area contributed by atoms with Gasteiger partial charge in [-0.25, -0.2) is 4.98 Å². The fourth-order valence-electron chi connectivity index (χ4n) is 1.38. The van der Waals surface area contributed by atoms with E-state index >= 15 is 0 Å². The largest absolute Gasteiger partial charge is 0.395 e. The topological polar surface area (TPSA) is 38.9 Å². The number of halogens is 2. The van der Waals surface area contributed by atoms with Crippen LogP contribution in [0.1, 0.15) is 5.56 Å². The van der Waals surface area contributed by atoms with Gasteiger partial charge in [-0.15, -0.1) is 0 Å². The van der Waals surface area contributed by atoms with E-state index in [2.05, 4.69) is 4.98 Å². The lowest BCUT2D eigenvalue weighted by Crippen LogP contribution is -1.93. The lowest BCUT2D eigenvalue weighted by atomic mass is 10.1. The van der Waals surface area contributed by atoms with Gasteiger partial charge < -0.3 is 5.73 Å². The van der Waals surface area contributed by atoms with Crippen LogP contribution in [0.2, 0.25) is 10.2 Å². The highest BCUT2D eigenvalue weighted by atomic mass is 35.5. The van der Waals surface area contributed by atoms with Crippen LogP contribution in [0.25, 0.3) is 10.9 Å². The second-order valence-electron chi connectivity index (χ2n) is 3.10. The Kier molecular flexibility index (Phi) is 2.25. The number of para-hydroxylation sites is 1. The second-order valence-corrected chi connectivity index (χ2v) is 3.84. The summed E-state index contributed by atoms with van der Waals surface area (Å²) in [5.41, 5.74) is 7.85. The fourth-order valence-corrected chi connectivity index (χ4v) is 1.85. The first kappa shape index (κ1) is 9.56. The van der Waals surface area contributed by atoms with Crippen molar-refractivity contribution in [2.45, 2.75) is 6.92 Å². The molecule has 0 spiro atoms. The van der Waals surface area contributed by atoms with Gasteiger partial charge in [0.1, 0.15) is 0 Å². The summed E-state index contributed by atoms with van der Waals surface area (Å²) in [7, 11) is 0. The van der Waals surface area contributed by atoms with Gasteiger partial charge in [0.05, 0.1) is 16.2 Å². The maximum Gasteiger partial charge on any atom is 0.154 e. The average molecular weight is 227 g/mol. The number of rotatable bonds is 0. The molecule has 0 unspecified atom stereocenters. The summed E-state index contributed by atoms with van der Waals surface area (Å²) in [5.74, 6) is 0. The standard InChI is InChI=1S/C10H8Cl2N2/c1-5-3-2-4-6-7(11)8(13)10(12)14-9(5)6/h2-4H,13H2,1H3. The van der Waals surface area contributed by atoms with Gasteiger partial charge in [-0.3, -0.25) is 0 Å². The predicted octanol–water partition coefficient (Wildman–Crippen LogP) is 3.43. The lowest BCUT2D eigenvalue weighted by molar-refractivity contribution is 1.37. The van der Waals surface area contributed by atoms with Gasteiger partial charge in [-0.05, 0) is 12.5 Å².